The van der Waals surface area contributed by atoms with Crippen LogP contribution in [-0.4, -0.2) is 42.6 Å². The van der Waals surface area contributed by atoms with Gasteiger partial charge in [0.2, 0.25) is 0 Å². The molecule has 2 amide bonds. The first-order chi connectivity index (χ1) is 17.0. The summed E-state index contributed by atoms with van der Waals surface area (Å²) in [5, 5.41) is 10.3. The van der Waals surface area contributed by atoms with Gasteiger partial charge >= 0.3 is 12.0 Å². The van der Waals surface area contributed by atoms with Crippen LogP contribution in [0.3, 0.4) is 0 Å². The van der Waals surface area contributed by atoms with E-state index in [4.69, 9.17) is 19.3 Å². The molecule has 1 aromatic heterocycles. The number of carbonyl (C=O) groups is 2. The fraction of sp³-hybridized carbons (Fsp3) is 0.192. The molecular formula is C26H26N4O5. The quantitative estimate of drug-likeness (QED) is 0.379. The predicted molar refractivity (Wildman–Crippen MR) is 130 cm³/mol. The van der Waals surface area contributed by atoms with Gasteiger partial charge in [-0.15, -0.1) is 0 Å². The Balaban J connectivity index is 1.90. The van der Waals surface area contributed by atoms with E-state index in [0.29, 0.717) is 28.5 Å². The maximum atomic E-state index is 13.0. The summed E-state index contributed by atoms with van der Waals surface area (Å²) < 4.78 is 17.9. The number of hydrogen-bond donors (Lipinski definition) is 2. The second-order valence-corrected chi connectivity index (χ2v) is 7.74. The number of benzene rings is 2. The van der Waals surface area contributed by atoms with Crippen LogP contribution in [0, 0.1) is 0 Å². The van der Waals surface area contributed by atoms with Gasteiger partial charge in [-0.05, 0) is 37.3 Å². The Morgan fingerprint density at radius 3 is 2.57 bits per heavy atom. The zero-order valence-electron chi connectivity index (χ0n) is 19.7. The molecular weight excluding hydrogens is 448 g/mol. The number of nitrogens with one attached hydrogen (secondary N) is 2. The summed E-state index contributed by atoms with van der Waals surface area (Å²) in [5.74, 6) is 0.530. The molecule has 2 heterocycles. The molecule has 1 unspecified atom stereocenters. The van der Waals surface area contributed by atoms with Crippen molar-refractivity contribution in [2.45, 2.75) is 13.0 Å². The van der Waals surface area contributed by atoms with Gasteiger partial charge < -0.3 is 24.8 Å². The number of methoxy groups -OCH3 is 2. The molecule has 0 spiro atoms. The van der Waals surface area contributed by atoms with E-state index in [1.807, 2.05) is 36.4 Å². The highest BCUT2D eigenvalue weighted by atomic mass is 16.5. The number of para-hydroxylation sites is 1. The van der Waals surface area contributed by atoms with Crippen molar-refractivity contribution in [3.63, 3.8) is 0 Å². The summed E-state index contributed by atoms with van der Waals surface area (Å²) in [6.45, 7) is 5.30. The first-order valence-corrected chi connectivity index (χ1v) is 10.9. The minimum atomic E-state index is -0.804. The number of urea groups is 1. The number of carbonyl (C=O) groups excluding carboxylic acids is 2. The highest BCUT2D eigenvalue weighted by Gasteiger charge is 2.35. The summed E-state index contributed by atoms with van der Waals surface area (Å²) in [6, 6.07) is 13.7. The van der Waals surface area contributed by atoms with E-state index in [1.165, 1.54) is 6.08 Å². The van der Waals surface area contributed by atoms with Crippen molar-refractivity contribution in [1.29, 1.82) is 0 Å². The lowest BCUT2D eigenvalue weighted by Crippen LogP contribution is -2.45. The van der Waals surface area contributed by atoms with Crippen LogP contribution in [-0.2, 0) is 9.53 Å². The SMILES string of the molecule is C=CCOC(=O)C1=C(C)NC(=O)NC1c1cn(-c2ccccc2)nc1-c1ccc(OC)c(OC)c1. The maximum absolute atomic E-state index is 13.0. The zero-order valence-corrected chi connectivity index (χ0v) is 19.7. The smallest absolute Gasteiger partial charge is 0.338 e. The Morgan fingerprint density at radius 2 is 1.89 bits per heavy atom. The minimum Gasteiger partial charge on any atom is -0.493 e. The Kier molecular flexibility index (Phi) is 6.86. The number of amides is 2. The average Bonchev–Trinajstić information content (AvgIpc) is 3.32. The van der Waals surface area contributed by atoms with E-state index in [-0.39, 0.29) is 12.2 Å². The van der Waals surface area contributed by atoms with Crippen LogP contribution in [0.15, 0.2) is 78.7 Å². The molecule has 1 aliphatic rings. The average molecular weight is 475 g/mol. The van der Waals surface area contributed by atoms with Crippen molar-refractivity contribution in [3.05, 3.63) is 84.2 Å². The first-order valence-electron chi connectivity index (χ1n) is 10.9. The number of hydrogen-bond acceptors (Lipinski definition) is 6. The van der Waals surface area contributed by atoms with Gasteiger partial charge in [0.25, 0.3) is 0 Å². The standard InChI is InChI=1S/C26H26N4O5/c1-5-13-35-25(31)22-16(2)27-26(32)28-24(22)19-15-30(18-9-7-6-8-10-18)29-23(19)17-11-12-20(33-3)21(14-17)34-4/h5-12,14-15,24H,1,13H2,2-4H3,(H2,27,28,32). The highest BCUT2D eigenvalue weighted by molar-refractivity contribution is 5.95. The molecule has 2 aromatic carbocycles. The predicted octanol–water partition coefficient (Wildman–Crippen LogP) is 3.91. The van der Waals surface area contributed by atoms with Crippen molar-refractivity contribution in [2.24, 2.45) is 0 Å². The topological polar surface area (TPSA) is 104 Å². The van der Waals surface area contributed by atoms with Crippen LogP contribution >= 0.6 is 0 Å². The van der Waals surface area contributed by atoms with E-state index in [1.54, 1.807) is 44.2 Å². The van der Waals surface area contributed by atoms with Crippen LogP contribution in [0.25, 0.3) is 16.9 Å². The molecule has 9 heteroatoms. The normalized spacial score (nSPS) is 15.2. The van der Waals surface area contributed by atoms with Crippen LogP contribution in [0.4, 0.5) is 4.79 Å². The van der Waals surface area contributed by atoms with Gasteiger partial charge in [-0.2, -0.15) is 5.10 Å². The van der Waals surface area contributed by atoms with Crippen LogP contribution in [0.1, 0.15) is 18.5 Å². The third-order valence-corrected chi connectivity index (χ3v) is 5.55. The minimum absolute atomic E-state index is 0.0437. The lowest BCUT2D eigenvalue weighted by atomic mass is 9.93. The van der Waals surface area contributed by atoms with Crippen molar-refractivity contribution >= 4 is 12.0 Å². The van der Waals surface area contributed by atoms with Gasteiger partial charge in [0, 0.05) is 23.0 Å². The monoisotopic (exact) mass is 474 g/mol. The molecule has 180 valence electrons. The molecule has 9 nitrogen and oxygen atoms in total. The Hall–Kier alpha value is -4.53. The molecule has 0 saturated heterocycles. The first kappa shape index (κ1) is 23.6. The van der Waals surface area contributed by atoms with Crippen molar-refractivity contribution in [3.8, 4) is 28.4 Å². The lowest BCUT2D eigenvalue weighted by Gasteiger charge is -2.27. The van der Waals surface area contributed by atoms with Gasteiger partial charge in [0.15, 0.2) is 11.5 Å². The van der Waals surface area contributed by atoms with E-state index in [9.17, 15) is 9.59 Å². The highest BCUT2D eigenvalue weighted by Crippen LogP contribution is 2.38. The summed E-state index contributed by atoms with van der Waals surface area (Å²) >= 11 is 0. The number of allylic oxidation sites excluding steroid dienone is 1. The molecule has 35 heavy (non-hydrogen) atoms. The second kappa shape index (κ2) is 10.2. The zero-order chi connectivity index (χ0) is 24.9. The fourth-order valence-electron chi connectivity index (χ4n) is 3.93. The van der Waals surface area contributed by atoms with E-state index < -0.39 is 18.0 Å². The number of esters is 1. The lowest BCUT2D eigenvalue weighted by molar-refractivity contribution is -0.138. The van der Waals surface area contributed by atoms with Crippen LogP contribution in [0.5, 0.6) is 11.5 Å². The van der Waals surface area contributed by atoms with Gasteiger partial charge in [-0.1, -0.05) is 30.9 Å². The Bertz CT molecular complexity index is 1300. The maximum Gasteiger partial charge on any atom is 0.338 e. The molecule has 1 aliphatic heterocycles. The Labute approximate surface area is 203 Å². The number of ether oxygens (including phenoxy) is 3. The summed E-state index contributed by atoms with van der Waals surface area (Å²) in [4.78, 5) is 25.4. The third kappa shape index (κ3) is 4.74. The molecule has 3 aromatic rings. The molecule has 2 N–H and O–H groups in total. The molecule has 0 radical (unpaired) electrons. The van der Waals surface area contributed by atoms with E-state index in [0.717, 1.165) is 11.3 Å². The van der Waals surface area contributed by atoms with Crippen molar-refractivity contribution in [2.75, 3.05) is 20.8 Å². The Morgan fingerprint density at radius 1 is 1.14 bits per heavy atom. The van der Waals surface area contributed by atoms with Gasteiger partial charge in [0.1, 0.15) is 6.61 Å². The molecule has 0 bridgehead atoms. The van der Waals surface area contributed by atoms with Crippen LogP contribution in [0.2, 0.25) is 0 Å². The third-order valence-electron chi connectivity index (χ3n) is 5.55. The number of nitrogens with zero attached hydrogens (tertiary/aromatic N) is 2. The largest absolute Gasteiger partial charge is 0.493 e. The summed E-state index contributed by atoms with van der Waals surface area (Å²) in [7, 11) is 3.12. The summed E-state index contributed by atoms with van der Waals surface area (Å²) in [5.41, 5.74) is 3.39. The van der Waals surface area contributed by atoms with E-state index in [2.05, 4.69) is 17.2 Å². The summed E-state index contributed by atoms with van der Waals surface area (Å²) in [6.07, 6.45) is 3.28. The molecule has 0 fully saturated rings. The van der Waals surface area contributed by atoms with Gasteiger partial charge in [-0.25, -0.2) is 14.3 Å². The molecule has 0 saturated carbocycles. The van der Waals surface area contributed by atoms with Gasteiger partial charge in [-0.3, -0.25) is 0 Å². The fourth-order valence-corrected chi connectivity index (χ4v) is 3.93. The molecule has 1 atom stereocenters. The molecule has 4 rings (SSSR count). The van der Waals surface area contributed by atoms with E-state index >= 15 is 0 Å². The number of aromatic nitrogens is 2. The van der Waals surface area contributed by atoms with Gasteiger partial charge in [0.05, 0.1) is 37.2 Å². The number of rotatable bonds is 8. The van der Waals surface area contributed by atoms with Crippen LogP contribution < -0.4 is 20.1 Å². The van der Waals surface area contributed by atoms with Crippen molar-refractivity contribution < 1.29 is 23.8 Å². The second-order valence-electron chi connectivity index (χ2n) is 7.74. The van der Waals surface area contributed by atoms with Crippen molar-refractivity contribution in [1.82, 2.24) is 20.4 Å². The molecule has 0 aliphatic carbocycles.